The van der Waals surface area contributed by atoms with Gasteiger partial charge in [0.15, 0.2) is 0 Å². The minimum absolute atomic E-state index is 0.0785. The second-order valence-corrected chi connectivity index (χ2v) is 10.9. The predicted molar refractivity (Wildman–Crippen MR) is 146 cm³/mol. The van der Waals surface area contributed by atoms with E-state index in [-0.39, 0.29) is 30.2 Å². The highest BCUT2D eigenvalue weighted by molar-refractivity contribution is 5.90. The normalized spacial score (nSPS) is 11.4. The first kappa shape index (κ1) is 29.7. The molecule has 3 N–H and O–H groups in total. The molecule has 2 rings (SSSR count). The Hall–Kier alpha value is -3.55. The first-order valence-corrected chi connectivity index (χ1v) is 12.7. The van der Waals surface area contributed by atoms with E-state index >= 15 is 0 Å². The third-order valence-electron chi connectivity index (χ3n) is 5.28. The van der Waals surface area contributed by atoms with Crippen molar-refractivity contribution in [1.82, 2.24) is 10.6 Å². The lowest BCUT2D eigenvalue weighted by Gasteiger charge is -2.19. The van der Waals surface area contributed by atoms with Crippen molar-refractivity contribution in [3.8, 4) is 5.75 Å². The van der Waals surface area contributed by atoms with E-state index in [0.29, 0.717) is 31.7 Å². The van der Waals surface area contributed by atoms with Gasteiger partial charge in [0.05, 0.1) is 6.61 Å². The van der Waals surface area contributed by atoms with Crippen LogP contribution >= 0.6 is 0 Å². The van der Waals surface area contributed by atoms with Crippen LogP contribution in [-0.2, 0) is 26.3 Å². The lowest BCUT2D eigenvalue weighted by atomic mass is 9.87. The number of ether oxygens (including phenoxy) is 2. The summed E-state index contributed by atoms with van der Waals surface area (Å²) >= 11 is 0. The van der Waals surface area contributed by atoms with Crippen LogP contribution in [0.25, 0.3) is 0 Å². The molecule has 0 fully saturated rings. The lowest BCUT2D eigenvalue weighted by Crippen LogP contribution is -2.35. The number of alkyl carbamates (subject to hydrolysis) is 1. The van der Waals surface area contributed by atoms with E-state index in [1.54, 1.807) is 32.9 Å². The third-order valence-corrected chi connectivity index (χ3v) is 5.28. The van der Waals surface area contributed by atoms with Crippen LogP contribution < -0.4 is 20.7 Å². The third kappa shape index (κ3) is 12.3. The Morgan fingerprint density at radius 1 is 0.784 bits per heavy atom. The number of hydrogen-bond acceptors (Lipinski definition) is 5. The van der Waals surface area contributed by atoms with Crippen LogP contribution in [0, 0.1) is 0 Å². The number of carbonyl (C=O) groups excluding carboxylic acids is 3. The van der Waals surface area contributed by atoms with Gasteiger partial charge in [-0.15, -0.1) is 0 Å². The summed E-state index contributed by atoms with van der Waals surface area (Å²) in [5.74, 6) is 0.543. The first-order chi connectivity index (χ1) is 17.3. The smallest absolute Gasteiger partial charge is 0.407 e. The molecule has 0 radical (unpaired) electrons. The summed E-state index contributed by atoms with van der Waals surface area (Å²) in [6, 6.07) is 15.4. The molecular weight excluding hydrogens is 470 g/mol. The molecular formula is C29H41N3O5. The molecule has 0 unspecified atom stereocenters. The van der Waals surface area contributed by atoms with E-state index in [1.807, 2.05) is 24.3 Å². The van der Waals surface area contributed by atoms with Gasteiger partial charge in [0, 0.05) is 31.6 Å². The summed E-state index contributed by atoms with van der Waals surface area (Å²) in [4.78, 5) is 35.8. The van der Waals surface area contributed by atoms with E-state index < -0.39 is 11.7 Å². The molecule has 0 aliphatic rings. The number of carbonyl (C=O) groups is 3. The van der Waals surface area contributed by atoms with Crippen LogP contribution in [0.5, 0.6) is 5.75 Å². The zero-order valence-corrected chi connectivity index (χ0v) is 22.9. The molecule has 0 aromatic heterocycles. The van der Waals surface area contributed by atoms with E-state index in [9.17, 15) is 14.4 Å². The maximum Gasteiger partial charge on any atom is 0.407 e. The van der Waals surface area contributed by atoms with E-state index in [0.717, 1.165) is 11.3 Å². The van der Waals surface area contributed by atoms with Gasteiger partial charge in [-0.25, -0.2) is 4.79 Å². The van der Waals surface area contributed by atoms with Crippen molar-refractivity contribution in [2.45, 2.75) is 78.4 Å². The van der Waals surface area contributed by atoms with Gasteiger partial charge in [-0.1, -0.05) is 45.0 Å². The Labute approximate surface area is 220 Å². The van der Waals surface area contributed by atoms with Crippen molar-refractivity contribution in [3.05, 3.63) is 59.7 Å². The molecule has 0 aliphatic carbocycles. The molecule has 2 aromatic rings. The molecule has 0 saturated carbocycles. The van der Waals surface area contributed by atoms with Crippen molar-refractivity contribution < 1.29 is 23.9 Å². The van der Waals surface area contributed by atoms with E-state index in [4.69, 9.17) is 9.47 Å². The van der Waals surface area contributed by atoms with Gasteiger partial charge in [-0.05, 0) is 68.0 Å². The molecule has 3 amide bonds. The second-order valence-electron chi connectivity index (χ2n) is 10.9. The minimum atomic E-state index is -0.578. The largest absolute Gasteiger partial charge is 0.494 e. The Bertz CT molecular complexity index is 1020. The van der Waals surface area contributed by atoms with Crippen LogP contribution in [0.4, 0.5) is 10.5 Å². The zero-order valence-electron chi connectivity index (χ0n) is 22.9. The molecule has 202 valence electrons. The van der Waals surface area contributed by atoms with Gasteiger partial charge in [0.2, 0.25) is 11.8 Å². The topological polar surface area (TPSA) is 106 Å². The van der Waals surface area contributed by atoms with Crippen molar-refractivity contribution in [2.75, 3.05) is 18.5 Å². The fourth-order valence-electron chi connectivity index (χ4n) is 3.28. The van der Waals surface area contributed by atoms with Crippen LogP contribution in [-0.4, -0.2) is 36.7 Å². The SMILES string of the molecule is CC(C)(C)OC(=O)NCCC(=O)NCc1ccc(NC(=O)CCCOc2ccc(C(C)(C)C)cc2)cc1. The molecule has 2 aromatic carbocycles. The van der Waals surface area contributed by atoms with Gasteiger partial charge >= 0.3 is 6.09 Å². The Morgan fingerprint density at radius 3 is 2.03 bits per heavy atom. The predicted octanol–water partition coefficient (Wildman–Crippen LogP) is 5.31. The average molecular weight is 512 g/mol. The highest BCUT2D eigenvalue weighted by atomic mass is 16.6. The number of nitrogens with one attached hydrogen (secondary N) is 3. The standard InChI is InChI=1S/C29H41N3O5/c1-28(2,3)22-11-15-24(16-12-22)36-19-7-8-26(34)32-23-13-9-21(10-14-23)20-31-25(33)17-18-30-27(35)37-29(4,5)6/h9-16H,7-8,17-20H2,1-6H3,(H,30,35)(H,31,33)(H,32,34). The minimum Gasteiger partial charge on any atom is -0.494 e. The highest BCUT2D eigenvalue weighted by Gasteiger charge is 2.16. The fourth-order valence-corrected chi connectivity index (χ4v) is 3.28. The quantitative estimate of drug-likeness (QED) is 0.355. The molecule has 0 atom stereocenters. The van der Waals surface area contributed by atoms with Crippen molar-refractivity contribution in [3.63, 3.8) is 0 Å². The van der Waals surface area contributed by atoms with Crippen LogP contribution in [0.3, 0.4) is 0 Å². The van der Waals surface area contributed by atoms with Crippen molar-refractivity contribution in [2.24, 2.45) is 0 Å². The van der Waals surface area contributed by atoms with Crippen LogP contribution in [0.2, 0.25) is 0 Å². The number of hydrogen-bond donors (Lipinski definition) is 3. The Balaban J connectivity index is 1.62. The van der Waals surface area contributed by atoms with Crippen LogP contribution in [0.1, 0.15) is 71.9 Å². The van der Waals surface area contributed by atoms with Crippen LogP contribution in [0.15, 0.2) is 48.5 Å². The second kappa shape index (κ2) is 13.7. The molecule has 0 spiro atoms. The zero-order chi connectivity index (χ0) is 27.5. The van der Waals surface area contributed by atoms with Gasteiger partial charge in [0.25, 0.3) is 0 Å². The van der Waals surface area contributed by atoms with Gasteiger partial charge in [-0.3, -0.25) is 9.59 Å². The Kier molecular flexibility index (Phi) is 11.0. The maximum atomic E-state index is 12.2. The molecule has 0 heterocycles. The molecule has 37 heavy (non-hydrogen) atoms. The fraction of sp³-hybridized carbons (Fsp3) is 0.483. The monoisotopic (exact) mass is 511 g/mol. The Morgan fingerprint density at radius 2 is 1.43 bits per heavy atom. The molecule has 0 aliphatic heterocycles. The maximum absolute atomic E-state index is 12.2. The van der Waals surface area contributed by atoms with Crippen molar-refractivity contribution >= 4 is 23.6 Å². The van der Waals surface area contributed by atoms with E-state index in [2.05, 4.69) is 48.9 Å². The van der Waals surface area contributed by atoms with Gasteiger partial charge in [0.1, 0.15) is 11.4 Å². The number of anilines is 1. The summed E-state index contributed by atoms with van der Waals surface area (Å²) in [5.41, 5.74) is 2.37. The number of rotatable bonds is 11. The van der Waals surface area contributed by atoms with Gasteiger partial charge < -0.3 is 25.4 Å². The number of benzene rings is 2. The highest BCUT2D eigenvalue weighted by Crippen LogP contribution is 2.24. The summed E-state index contributed by atoms with van der Waals surface area (Å²) in [6.45, 7) is 12.9. The molecule has 0 saturated heterocycles. The number of amides is 3. The molecule has 8 nitrogen and oxygen atoms in total. The van der Waals surface area contributed by atoms with Crippen molar-refractivity contribution in [1.29, 1.82) is 0 Å². The lowest BCUT2D eigenvalue weighted by molar-refractivity contribution is -0.121. The summed E-state index contributed by atoms with van der Waals surface area (Å²) in [7, 11) is 0. The van der Waals surface area contributed by atoms with E-state index in [1.165, 1.54) is 5.56 Å². The first-order valence-electron chi connectivity index (χ1n) is 12.7. The summed E-state index contributed by atoms with van der Waals surface area (Å²) in [5, 5.41) is 8.24. The summed E-state index contributed by atoms with van der Waals surface area (Å²) < 4.78 is 10.9. The average Bonchev–Trinajstić information content (AvgIpc) is 2.80. The van der Waals surface area contributed by atoms with Gasteiger partial charge in [-0.2, -0.15) is 0 Å². The summed E-state index contributed by atoms with van der Waals surface area (Å²) in [6.07, 6.45) is 0.574. The molecule has 0 bridgehead atoms. The molecule has 8 heteroatoms.